The predicted molar refractivity (Wildman–Crippen MR) is 83.7 cm³/mol. The van der Waals surface area contributed by atoms with Gasteiger partial charge in [0.15, 0.2) is 5.78 Å². The lowest BCUT2D eigenvalue weighted by Gasteiger charge is -2.06. The Labute approximate surface area is 118 Å². The molecule has 0 aliphatic carbocycles. The number of H-pyrrole nitrogens is 1. The highest BCUT2D eigenvalue weighted by Crippen LogP contribution is 2.19. The SMILES string of the molecule is CSC(C(=O)/C=C/c1c[nH]c2ccccc12)S(C)=O. The Bertz CT molecular complexity index is 646. The summed E-state index contributed by atoms with van der Waals surface area (Å²) in [7, 11) is -1.15. The lowest BCUT2D eigenvalue weighted by atomic mass is 10.1. The molecule has 2 aromatic rings. The molecular formula is C14H15NO2S2. The van der Waals surface area contributed by atoms with Gasteiger partial charge in [-0.25, -0.2) is 0 Å². The molecule has 0 amide bonds. The molecule has 0 saturated carbocycles. The topological polar surface area (TPSA) is 49.9 Å². The van der Waals surface area contributed by atoms with Gasteiger partial charge in [-0.1, -0.05) is 18.2 Å². The fourth-order valence-corrected chi connectivity index (χ4v) is 3.70. The number of fused-ring (bicyclic) bond motifs is 1. The van der Waals surface area contributed by atoms with E-state index in [0.717, 1.165) is 16.5 Å². The van der Waals surface area contributed by atoms with Gasteiger partial charge in [-0.2, -0.15) is 0 Å². The van der Waals surface area contributed by atoms with Crippen molar-refractivity contribution in [3.05, 3.63) is 42.1 Å². The van der Waals surface area contributed by atoms with Crippen LogP contribution in [0.4, 0.5) is 0 Å². The van der Waals surface area contributed by atoms with Gasteiger partial charge in [-0.05, 0) is 30.0 Å². The average Bonchev–Trinajstić information content (AvgIpc) is 2.80. The molecule has 2 rings (SSSR count). The van der Waals surface area contributed by atoms with Crippen LogP contribution in [0.5, 0.6) is 0 Å². The summed E-state index contributed by atoms with van der Waals surface area (Å²) < 4.78 is 10.9. The van der Waals surface area contributed by atoms with E-state index in [-0.39, 0.29) is 5.78 Å². The molecular weight excluding hydrogens is 278 g/mol. The molecule has 1 N–H and O–H groups in total. The van der Waals surface area contributed by atoms with Crippen LogP contribution < -0.4 is 0 Å². The molecule has 0 saturated heterocycles. The van der Waals surface area contributed by atoms with E-state index in [1.165, 1.54) is 17.8 Å². The lowest BCUT2D eigenvalue weighted by molar-refractivity contribution is -0.112. The van der Waals surface area contributed by atoms with Gasteiger partial charge in [0.05, 0.1) is 0 Å². The molecule has 0 radical (unpaired) electrons. The molecule has 2 atom stereocenters. The summed E-state index contributed by atoms with van der Waals surface area (Å²) in [5.74, 6) is -0.112. The molecule has 3 nitrogen and oxygen atoms in total. The molecule has 1 aromatic heterocycles. The Morgan fingerprint density at radius 2 is 2.16 bits per heavy atom. The van der Waals surface area contributed by atoms with Crippen molar-refractivity contribution in [1.29, 1.82) is 0 Å². The number of carbonyl (C=O) groups excluding carboxylic acids is 1. The Balaban J connectivity index is 2.23. The third-order valence-corrected chi connectivity index (χ3v) is 5.68. The van der Waals surface area contributed by atoms with E-state index < -0.39 is 15.4 Å². The van der Waals surface area contributed by atoms with Crippen LogP contribution in [-0.4, -0.2) is 32.1 Å². The summed E-state index contributed by atoms with van der Waals surface area (Å²) in [6, 6.07) is 7.91. The molecule has 0 fully saturated rings. The van der Waals surface area contributed by atoms with E-state index in [4.69, 9.17) is 0 Å². The fraction of sp³-hybridized carbons (Fsp3) is 0.214. The van der Waals surface area contributed by atoms with Gasteiger partial charge in [-0.3, -0.25) is 9.00 Å². The Kier molecular flexibility index (Phi) is 4.61. The van der Waals surface area contributed by atoms with Crippen LogP contribution in [0.3, 0.4) is 0 Å². The number of ketones is 1. The van der Waals surface area contributed by atoms with E-state index in [1.54, 1.807) is 18.6 Å². The first-order chi connectivity index (χ1) is 9.13. The number of benzene rings is 1. The van der Waals surface area contributed by atoms with Crippen molar-refractivity contribution in [3.63, 3.8) is 0 Å². The van der Waals surface area contributed by atoms with Crippen molar-refractivity contribution in [2.24, 2.45) is 0 Å². The number of aromatic nitrogens is 1. The Morgan fingerprint density at radius 1 is 1.42 bits per heavy atom. The van der Waals surface area contributed by atoms with Gasteiger partial charge in [-0.15, -0.1) is 11.8 Å². The first-order valence-electron chi connectivity index (χ1n) is 5.76. The van der Waals surface area contributed by atoms with Gasteiger partial charge in [0.2, 0.25) is 0 Å². The summed E-state index contributed by atoms with van der Waals surface area (Å²) in [5, 5.41) is 1.07. The zero-order chi connectivity index (χ0) is 13.8. The minimum absolute atomic E-state index is 0.112. The molecule has 0 bridgehead atoms. The molecule has 100 valence electrons. The highest BCUT2D eigenvalue weighted by Gasteiger charge is 2.18. The number of hydrogen-bond donors (Lipinski definition) is 1. The Hall–Kier alpha value is -1.33. The summed E-state index contributed by atoms with van der Waals surface area (Å²) in [6.45, 7) is 0. The maximum Gasteiger partial charge on any atom is 0.181 e. The normalized spacial score (nSPS) is 14.8. The monoisotopic (exact) mass is 293 g/mol. The van der Waals surface area contributed by atoms with Crippen LogP contribution in [-0.2, 0) is 15.6 Å². The number of carbonyl (C=O) groups is 1. The van der Waals surface area contributed by atoms with Crippen LogP contribution in [0.15, 0.2) is 36.5 Å². The van der Waals surface area contributed by atoms with Gasteiger partial charge in [0.25, 0.3) is 0 Å². The summed E-state index contributed by atoms with van der Waals surface area (Å²) in [5.41, 5.74) is 2.00. The minimum Gasteiger partial charge on any atom is -0.361 e. The molecule has 0 spiro atoms. The zero-order valence-electron chi connectivity index (χ0n) is 10.8. The second-order valence-corrected chi connectivity index (χ2v) is 6.80. The fourth-order valence-electron chi connectivity index (χ4n) is 1.90. The van der Waals surface area contributed by atoms with Crippen LogP contribution in [0.2, 0.25) is 0 Å². The molecule has 5 heteroatoms. The molecule has 1 aromatic carbocycles. The van der Waals surface area contributed by atoms with Gasteiger partial charge in [0, 0.05) is 34.2 Å². The van der Waals surface area contributed by atoms with Crippen molar-refractivity contribution in [1.82, 2.24) is 4.98 Å². The highest BCUT2D eigenvalue weighted by atomic mass is 32.2. The van der Waals surface area contributed by atoms with Crippen molar-refractivity contribution in [3.8, 4) is 0 Å². The average molecular weight is 293 g/mol. The van der Waals surface area contributed by atoms with E-state index >= 15 is 0 Å². The molecule has 1 heterocycles. The smallest absolute Gasteiger partial charge is 0.181 e. The second-order valence-electron chi connectivity index (χ2n) is 4.09. The lowest BCUT2D eigenvalue weighted by Crippen LogP contribution is -2.19. The Morgan fingerprint density at radius 3 is 2.84 bits per heavy atom. The van der Waals surface area contributed by atoms with Crippen LogP contribution >= 0.6 is 11.8 Å². The molecule has 19 heavy (non-hydrogen) atoms. The number of para-hydroxylation sites is 1. The largest absolute Gasteiger partial charge is 0.361 e. The van der Waals surface area contributed by atoms with E-state index in [1.807, 2.05) is 30.5 Å². The van der Waals surface area contributed by atoms with E-state index in [2.05, 4.69) is 4.98 Å². The van der Waals surface area contributed by atoms with Crippen LogP contribution in [0.1, 0.15) is 5.56 Å². The summed E-state index contributed by atoms with van der Waals surface area (Å²) in [4.78, 5) is 15.1. The van der Waals surface area contributed by atoms with Crippen molar-refractivity contribution >= 4 is 45.3 Å². The molecule has 0 aliphatic rings. The molecule has 0 aliphatic heterocycles. The van der Waals surface area contributed by atoms with E-state index in [0.29, 0.717) is 0 Å². The van der Waals surface area contributed by atoms with Gasteiger partial charge in [0.1, 0.15) is 4.58 Å². The van der Waals surface area contributed by atoms with Gasteiger partial charge >= 0.3 is 0 Å². The number of aromatic amines is 1. The van der Waals surface area contributed by atoms with Crippen LogP contribution in [0, 0.1) is 0 Å². The van der Waals surface area contributed by atoms with Crippen molar-refractivity contribution in [2.75, 3.05) is 12.5 Å². The third-order valence-electron chi connectivity index (χ3n) is 2.80. The van der Waals surface area contributed by atoms with Crippen LogP contribution in [0.25, 0.3) is 17.0 Å². The third kappa shape index (κ3) is 3.16. The maximum absolute atomic E-state index is 11.9. The number of nitrogens with one attached hydrogen (secondary N) is 1. The first-order valence-corrected chi connectivity index (χ1v) is 8.67. The first kappa shape index (κ1) is 14.1. The number of rotatable bonds is 5. The van der Waals surface area contributed by atoms with Crippen molar-refractivity contribution < 1.29 is 9.00 Å². The second kappa shape index (κ2) is 6.21. The quantitative estimate of drug-likeness (QED) is 0.862. The summed E-state index contributed by atoms with van der Waals surface area (Å²) >= 11 is 1.32. The predicted octanol–water partition coefficient (Wildman–Crippen LogP) is 2.82. The number of allylic oxidation sites excluding steroid dienone is 1. The maximum atomic E-state index is 11.9. The van der Waals surface area contributed by atoms with Crippen molar-refractivity contribution in [2.45, 2.75) is 4.58 Å². The zero-order valence-corrected chi connectivity index (χ0v) is 12.4. The minimum atomic E-state index is -1.15. The highest BCUT2D eigenvalue weighted by molar-refractivity contribution is 8.11. The summed E-state index contributed by atoms with van der Waals surface area (Å²) in [6.07, 6.45) is 8.50. The number of hydrogen-bond acceptors (Lipinski definition) is 3. The number of thioether (sulfide) groups is 1. The standard InChI is InChI=1S/C14H15NO2S2/c1-18-14(19(2)17)13(16)8-7-10-9-15-12-6-4-3-5-11(10)12/h3-9,14-15H,1-2H3/b8-7+. The van der Waals surface area contributed by atoms with E-state index in [9.17, 15) is 9.00 Å². The van der Waals surface area contributed by atoms with Gasteiger partial charge < -0.3 is 4.98 Å². The molecule has 2 unspecified atom stereocenters.